The molecule has 0 aromatic rings. The van der Waals surface area contributed by atoms with Crippen molar-refractivity contribution in [2.45, 2.75) is 19.3 Å². The van der Waals surface area contributed by atoms with Crippen LogP contribution in [0.5, 0.6) is 0 Å². The molecule has 3 aliphatic rings. The third-order valence-corrected chi connectivity index (χ3v) is 4.86. The highest BCUT2D eigenvalue weighted by Gasteiger charge is 2.48. The van der Waals surface area contributed by atoms with Gasteiger partial charge in [0.15, 0.2) is 0 Å². The highest BCUT2D eigenvalue weighted by atomic mass is 32.2. The van der Waals surface area contributed by atoms with Gasteiger partial charge in [0.2, 0.25) is 5.91 Å². The van der Waals surface area contributed by atoms with Crippen molar-refractivity contribution >= 4 is 17.7 Å². The molecule has 0 radical (unpaired) electrons. The Balaban J connectivity index is 1.58. The zero-order chi connectivity index (χ0) is 9.54. The number of rotatable bonds is 1. The second kappa shape index (κ2) is 3.44. The minimum absolute atomic E-state index is 0.404. The van der Waals surface area contributed by atoms with Crippen molar-refractivity contribution in [3.05, 3.63) is 0 Å². The standard InChI is InChI=1S/C11H17NOS/c13-11(12-1-3-14-4-2-12)10-6-8-5-9(8)7-10/h8-10H,1-7H2. The summed E-state index contributed by atoms with van der Waals surface area (Å²) in [6.07, 6.45) is 3.82. The molecule has 78 valence electrons. The fraction of sp³-hybridized carbons (Fsp3) is 0.909. The van der Waals surface area contributed by atoms with E-state index < -0.39 is 0 Å². The van der Waals surface area contributed by atoms with Crippen LogP contribution in [0.3, 0.4) is 0 Å². The Morgan fingerprint density at radius 1 is 1.07 bits per heavy atom. The van der Waals surface area contributed by atoms with Crippen LogP contribution in [0.1, 0.15) is 19.3 Å². The predicted molar refractivity (Wildman–Crippen MR) is 58.2 cm³/mol. The number of hydrogen-bond acceptors (Lipinski definition) is 2. The van der Waals surface area contributed by atoms with Gasteiger partial charge in [-0.2, -0.15) is 11.8 Å². The molecule has 3 heteroatoms. The van der Waals surface area contributed by atoms with Gasteiger partial charge in [-0.25, -0.2) is 0 Å². The highest BCUT2D eigenvalue weighted by Crippen LogP contribution is 2.54. The molecule has 3 rings (SSSR count). The van der Waals surface area contributed by atoms with Gasteiger partial charge in [-0.1, -0.05) is 0 Å². The molecule has 14 heavy (non-hydrogen) atoms. The van der Waals surface area contributed by atoms with Gasteiger partial charge < -0.3 is 4.90 Å². The van der Waals surface area contributed by atoms with Crippen LogP contribution in [0.15, 0.2) is 0 Å². The smallest absolute Gasteiger partial charge is 0.225 e. The van der Waals surface area contributed by atoms with Crippen LogP contribution in [0.25, 0.3) is 0 Å². The zero-order valence-electron chi connectivity index (χ0n) is 8.45. The van der Waals surface area contributed by atoms with E-state index in [-0.39, 0.29) is 0 Å². The number of thioether (sulfide) groups is 1. The monoisotopic (exact) mass is 211 g/mol. The second-order valence-electron chi connectivity index (χ2n) is 4.86. The van der Waals surface area contributed by atoms with E-state index in [0.717, 1.165) is 36.4 Å². The SMILES string of the molecule is O=C(C1CC2CC2C1)N1CCSCC1. The lowest BCUT2D eigenvalue weighted by atomic mass is 10.0. The Morgan fingerprint density at radius 2 is 1.71 bits per heavy atom. The molecular weight excluding hydrogens is 194 g/mol. The Morgan fingerprint density at radius 3 is 2.36 bits per heavy atom. The molecule has 3 fully saturated rings. The Bertz CT molecular complexity index is 236. The van der Waals surface area contributed by atoms with E-state index in [1.165, 1.54) is 19.3 Å². The molecule has 1 heterocycles. The maximum absolute atomic E-state index is 12.1. The van der Waals surface area contributed by atoms with Crippen molar-refractivity contribution in [1.82, 2.24) is 4.90 Å². The lowest BCUT2D eigenvalue weighted by molar-refractivity contribution is -0.135. The fourth-order valence-corrected chi connectivity index (χ4v) is 3.86. The molecule has 2 nitrogen and oxygen atoms in total. The first kappa shape index (κ1) is 9.08. The predicted octanol–water partition coefficient (Wildman–Crippen LogP) is 1.61. The number of carbonyl (C=O) groups excluding carboxylic acids is 1. The molecule has 0 aromatic heterocycles. The van der Waals surface area contributed by atoms with Crippen LogP contribution in [-0.4, -0.2) is 35.4 Å². The van der Waals surface area contributed by atoms with Gasteiger partial charge >= 0.3 is 0 Å². The summed E-state index contributed by atoms with van der Waals surface area (Å²) in [5.41, 5.74) is 0. The lowest BCUT2D eigenvalue weighted by Gasteiger charge is -2.29. The lowest BCUT2D eigenvalue weighted by Crippen LogP contribution is -2.41. The minimum Gasteiger partial charge on any atom is -0.341 e. The molecule has 0 bridgehead atoms. The van der Waals surface area contributed by atoms with Gasteiger partial charge in [-0.05, 0) is 31.1 Å². The van der Waals surface area contributed by atoms with E-state index in [2.05, 4.69) is 4.90 Å². The molecule has 2 aliphatic carbocycles. The summed E-state index contributed by atoms with van der Waals surface area (Å²) in [7, 11) is 0. The number of fused-ring (bicyclic) bond motifs is 1. The third kappa shape index (κ3) is 1.56. The minimum atomic E-state index is 0.404. The molecule has 2 atom stereocenters. The summed E-state index contributed by atoms with van der Waals surface area (Å²) in [6, 6.07) is 0. The molecule has 0 aromatic carbocycles. The van der Waals surface area contributed by atoms with Crippen LogP contribution in [-0.2, 0) is 4.79 Å². The molecule has 1 saturated heterocycles. The third-order valence-electron chi connectivity index (χ3n) is 3.92. The van der Waals surface area contributed by atoms with Gasteiger partial charge in [-0.3, -0.25) is 4.79 Å². The quantitative estimate of drug-likeness (QED) is 0.657. The molecule has 0 N–H and O–H groups in total. The van der Waals surface area contributed by atoms with Gasteiger partial charge in [0, 0.05) is 30.5 Å². The first-order valence-corrected chi connectivity index (χ1v) is 6.86. The average Bonchev–Trinajstić information content (AvgIpc) is 2.86. The summed E-state index contributed by atoms with van der Waals surface area (Å²) in [6.45, 7) is 1.99. The fourth-order valence-electron chi connectivity index (χ4n) is 2.96. The number of nitrogens with zero attached hydrogens (tertiary/aromatic N) is 1. The van der Waals surface area contributed by atoms with Gasteiger partial charge in [0.05, 0.1) is 0 Å². The second-order valence-corrected chi connectivity index (χ2v) is 6.09. The first-order chi connectivity index (χ1) is 6.84. The van der Waals surface area contributed by atoms with Gasteiger partial charge in [0.1, 0.15) is 0 Å². The molecule has 2 saturated carbocycles. The molecule has 1 amide bonds. The van der Waals surface area contributed by atoms with Gasteiger partial charge in [0.25, 0.3) is 0 Å². The summed E-state index contributed by atoms with van der Waals surface area (Å²) in [5, 5.41) is 0. The first-order valence-electron chi connectivity index (χ1n) is 5.71. The Kier molecular flexibility index (Phi) is 2.23. The topological polar surface area (TPSA) is 20.3 Å². The maximum Gasteiger partial charge on any atom is 0.225 e. The Hall–Kier alpha value is -0.180. The molecule has 1 aliphatic heterocycles. The number of carbonyl (C=O) groups is 1. The largest absolute Gasteiger partial charge is 0.341 e. The summed E-state index contributed by atoms with van der Waals surface area (Å²) >= 11 is 1.97. The molecule has 0 spiro atoms. The highest BCUT2D eigenvalue weighted by molar-refractivity contribution is 7.99. The summed E-state index contributed by atoms with van der Waals surface area (Å²) < 4.78 is 0. The molecule has 2 unspecified atom stereocenters. The van der Waals surface area contributed by atoms with Crippen molar-refractivity contribution in [3.63, 3.8) is 0 Å². The van der Waals surface area contributed by atoms with Crippen molar-refractivity contribution in [3.8, 4) is 0 Å². The van der Waals surface area contributed by atoms with E-state index in [1.807, 2.05) is 11.8 Å². The van der Waals surface area contributed by atoms with Gasteiger partial charge in [-0.15, -0.1) is 0 Å². The van der Waals surface area contributed by atoms with Crippen molar-refractivity contribution in [2.24, 2.45) is 17.8 Å². The van der Waals surface area contributed by atoms with E-state index in [1.54, 1.807) is 0 Å². The van der Waals surface area contributed by atoms with E-state index in [9.17, 15) is 4.79 Å². The summed E-state index contributed by atoms with van der Waals surface area (Å²) in [4.78, 5) is 14.2. The van der Waals surface area contributed by atoms with Crippen LogP contribution in [0.2, 0.25) is 0 Å². The maximum atomic E-state index is 12.1. The zero-order valence-corrected chi connectivity index (χ0v) is 9.26. The van der Waals surface area contributed by atoms with Crippen LogP contribution in [0, 0.1) is 17.8 Å². The average molecular weight is 211 g/mol. The van der Waals surface area contributed by atoms with E-state index >= 15 is 0 Å². The van der Waals surface area contributed by atoms with Crippen LogP contribution in [0.4, 0.5) is 0 Å². The van der Waals surface area contributed by atoms with Crippen LogP contribution >= 0.6 is 11.8 Å². The van der Waals surface area contributed by atoms with E-state index in [0.29, 0.717) is 11.8 Å². The summed E-state index contributed by atoms with van der Waals surface area (Å²) in [5.74, 6) is 5.03. The van der Waals surface area contributed by atoms with Crippen molar-refractivity contribution < 1.29 is 4.79 Å². The van der Waals surface area contributed by atoms with E-state index in [4.69, 9.17) is 0 Å². The Labute approximate surface area is 89.4 Å². The van der Waals surface area contributed by atoms with Crippen molar-refractivity contribution in [2.75, 3.05) is 24.6 Å². The number of hydrogen-bond donors (Lipinski definition) is 0. The number of amides is 1. The van der Waals surface area contributed by atoms with Crippen molar-refractivity contribution in [1.29, 1.82) is 0 Å². The molecular formula is C11H17NOS. The normalized spacial score (nSPS) is 40.9. The van der Waals surface area contributed by atoms with Crippen LogP contribution < -0.4 is 0 Å².